The molecule has 0 spiro atoms. The lowest BCUT2D eigenvalue weighted by atomic mass is 10.1. The molecule has 56 valence electrons. The van der Waals surface area contributed by atoms with Crippen molar-refractivity contribution in [3.8, 4) is 6.07 Å². The fraction of sp³-hybridized carbons (Fsp3) is 0.125. The summed E-state index contributed by atoms with van der Waals surface area (Å²) >= 11 is 0. The van der Waals surface area contributed by atoms with Crippen molar-refractivity contribution in [1.82, 2.24) is 0 Å². The third-order valence-corrected chi connectivity index (χ3v) is 1.35. The molecule has 0 saturated heterocycles. The standard InChI is InChI=1S/C8H6FNO/c9-8-2-1-6(4-10)3-7(8)5-11/h1-3,11H,5H2. The molecular weight excluding hydrogens is 145 g/mol. The molecule has 0 aliphatic carbocycles. The van der Waals surface area contributed by atoms with Gasteiger partial charge in [0.1, 0.15) is 5.82 Å². The maximum atomic E-state index is 12.6. The molecule has 1 rings (SSSR count). The van der Waals surface area contributed by atoms with E-state index in [4.69, 9.17) is 10.4 Å². The molecule has 11 heavy (non-hydrogen) atoms. The monoisotopic (exact) mass is 151 g/mol. The molecule has 0 aromatic heterocycles. The van der Waals surface area contributed by atoms with Crippen LogP contribution in [0.15, 0.2) is 18.2 Å². The summed E-state index contributed by atoms with van der Waals surface area (Å²) in [6.07, 6.45) is 0. The second-order valence-corrected chi connectivity index (χ2v) is 2.08. The minimum atomic E-state index is -0.480. The maximum Gasteiger partial charge on any atom is 0.128 e. The number of benzene rings is 1. The third kappa shape index (κ3) is 1.54. The Morgan fingerprint density at radius 3 is 2.82 bits per heavy atom. The van der Waals surface area contributed by atoms with Gasteiger partial charge in [-0.15, -0.1) is 0 Å². The van der Waals surface area contributed by atoms with Gasteiger partial charge < -0.3 is 5.11 Å². The van der Waals surface area contributed by atoms with Gasteiger partial charge in [0, 0.05) is 5.56 Å². The first-order chi connectivity index (χ1) is 5.27. The number of hydrogen-bond acceptors (Lipinski definition) is 2. The van der Waals surface area contributed by atoms with Crippen molar-refractivity contribution in [2.24, 2.45) is 0 Å². The summed E-state index contributed by atoms with van der Waals surface area (Å²) < 4.78 is 12.6. The smallest absolute Gasteiger partial charge is 0.128 e. The number of rotatable bonds is 1. The average molecular weight is 151 g/mol. The molecule has 0 aliphatic rings. The highest BCUT2D eigenvalue weighted by Gasteiger charge is 2.00. The van der Waals surface area contributed by atoms with E-state index in [1.165, 1.54) is 18.2 Å². The van der Waals surface area contributed by atoms with Crippen molar-refractivity contribution in [1.29, 1.82) is 5.26 Å². The summed E-state index contributed by atoms with van der Waals surface area (Å²) in [7, 11) is 0. The summed E-state index contributed by atoms with van der Waals surface area (Å²) in [6, 6.07) is 5.72. The number of aliphatic hydroxyl groups is 1. The molecule has 0 bridgehead atoms. The normalized spacial score (nSPS) is 9.18. The van der Waals surface area contributed by atoms with Gasteiger partial charge in [0.15, 0.2) is 0 Å². The number of hydrogen-bond donors (Lipinski definition) is 1. The van der Waals surface area contributed by atoms with Crippen LogP contribution in [0.3, 0.4) is 0 Å². The fourth-order valence-corrected chi connectivity index (χ4v) is 0.765. The minimum absolute atomic E-state index is 0.157. The van der Waals surface area contributed by atoms with Crippen LogP contribution in [0.4, 0.5) is 4.39 Å². The Kier molecular flexibility index (Phi) is 2.19. The molecule has 0 aliphatic heterocycles. The molecule has 3 heteroatoms. The molecule has 0 radical (unpaired) electrons. The lowest BCUT2D eigenvalue weighted by Gasteiger charge is -1.97. The van der Waals surface area contributed by atoms with Crippen molar-refractivity contribution < 1.29 is 9.50 Å². The van der Waals surface area contributed by atoms with E-state index in [1.54, 1.807) is 0 Å². The number of halogens is 1. The van der Waals surface area contributed by atoms with Crippen LogP contribution < -0.4 is 0 Å². The quantitative estimate of drug-likeness (QED) is 0.655. The van der Waals surface area contributed by atoms with Crippen LogP contribution >= 0.6 is 0 Å². The van der Waals surface area contributed by atoms with E-state index in [2.05, 4.69) is 0 Å². The molecule has 2 nitrogen and oxygen atoms in total. The van der Waals surface area contributed by atoms with Gasteiger partial charge in [0.25, 0.3) is 0 Å². The van der Waals surface area contributed by atoms with Crippen LogP contribution in [0, 0.1) is 17.1 Å². The first kappa shape index (κ1) is 7.70. The Hall–Kier alpha value is -1.40. The van der Waals surface area contributed by atoms with E-state index in [1.807, 2.05) is 6.07 Å². The average Bonchev–Trinajstić information content (AvgIpc) is 2.05. The molecular formula is C8H6FNO. The predicted octanol–water partition coefficient (Wildman–Crippen LogP) is 1.19. The van der Waals surface area contributed by atoms with Gasteiger partial charge in [-0.25, -0.2) is 4.39 Å². The fourth-order valence-electron chi connectivity index (χ4n) is 0.765. The highest BCUT2D eigenvalue weighted by Crippen LogP contribution is 2.09. The molecule has 0 atom stereocenters. The lowest BCUT2D eigenvalue weighted by Crippen LogP contribution is -1.89. The third-order valence-electron chi connectivity index (χ3n) is 1.35. The van der Waals surface area contributed by atoms with Gasteiger partial charge in [-0.1, -0.05) is 0 Å². The first-order valence-corrected chi connectivity index (χ1v) is 3.07. The van der Waals surface area contributed by atoms with Gasteiger partial charge >= 0.3 is 0 Å². The van der Waals surface area contributed by atoms with Crippen molar-refractivity contribution >= 4 is 0 Å². The summed E-state index contributed by atoms with van der Waals surface area (Å²) in [5.74, 6) is -0.480. The van der Waals surface area contributed by atoms with Crippen molar-refractivity contribution in [2.75, 3.05) is 0 Å². The van der Waals surface area contributed by atoms with Gasteiger partial charge in [-0.05, 0) is 18.2 Å². The van der Waals surface area contributed by atoms with Gasteiger partial charge in [-0.3, -0.25) is 0 Å². The van der Waals surface area contributed by atoms with E-state index < -0.39 is 5.82 Å². The molecule has 0 unspecified atom stereocenters. The molecule has 1 N–H and O–H groups in total. The topological polar surface area (TPSA) is 44.0 Å². The van der Waals surface area contributed by atoms with E-state index in [0.717, 1.165) is 0 Å². The lowest BCUT2D eigenvalue weighted by molar-refractivity contribution is 0.275. The SMILES string of the molecule is N#Cc1ccc(F)c(CO)c1. The molecule has 1 aromatic rings. The number of aliphatic hydroxyl groups excluding tert-OH is 1. The summed E-state index contributed by atoms with van der Waals surface area (Å²) in [6.45, 7) is -0.374. The van der Waals surface area contributed by atoms with E-state index >= 15 is 0 Å². The predicted molar refractivity (Wildman–Crippen MR) is 37.0 cm³/mol. The second kappa shape index (κ2) is 3.13. The Bertz CT molecular complexity index is 303. The largest absolute Gasteiger partial charge is 0.392 e. The Morgan fingerprint density at radius 2 is 2.27 bits per heavy atom. The van der Waals surface area contributed by atoms with Gasteiger partial charge in [-0.2, -0.15) is 5.26 Å². The summed E-state index contributed by atoms with van der Waals surface area (Å²) in [5.41, 5.74) is 0.513. The Balaban J connectivity index is 3.15. The van der Waals surface area contributed by atoms with Crippen LogP contribution in [0.25, 0.3) is 0 Å². The molecule has 0 saturated carbocycles. The molecule has 0 amide bonds. The first-order valence-electron chi connectivity index (χ1n) is 3.07. The van der Waals surface area contributed by atoms with Crippen molar-refractivity contribution in [3.05, 3.63) is 35.1 Å². The zero-order chi connectivity index (χ0) is 8.27. The van der Waals surface area contributed by atoms with E-state index in [9.17, 15) is 4.39 Å². The summed E-state index contributed by atoms with van der Waals surface area (Å²) in [5, 5.41) is 17.0. The highest BCUT2D eigenvalue weighted by molar-refractivity contribution is 5.33. The van der Waals surface area contributed by atoms with Crippen molar-refractivity contribution in [3.63, 3.8) is 0 Å². The maximum absolute atomic E-state index is 12.6. The van der Waals surface area contributed by atoms with Crippen LogP contribution in [-0.2, 0) is 6.61 Å². The molecule has 0 fully saturated rings. The zero-order valence-electron chi connectivity index (χ0n) is 5.71. The van der Waals surface area contributed by atoms with Gasteiger partial charge in [0.2, 0.25) is 0 Å². The van der Waals surface area contributed by atoms with E-state index in [0.29, 0.717) is 5.56 Å². The zero-order valence-corrected chi connectivity index (χ0v) is 5.71. The summed E-state index contributed by atoms with van der Waals surface area (Å²) in [4.78, 5) is 0. The van der Waals surface area contributed by atoms with E-state index in [-0.39, 0.29) is 12.2 Å². The Labute approximate surface area is 63.5 Å². The Morgan fingerprint density at radius 1 is 1.55 bits per heavy atom. The minimum Gasteiger partial charge on any atom is -0.392 e. The van der Waals surface area contributed by atoms with Crippen molar-refractivity contribution in [2.45, 2.75) is 6.61 Å². The van der Waals surface area contributed by atoms with Crippen LogP contribution in [0.2, 0.25) is 0 Å². The number of nitrogens with zero attached hydrogens (tertiary/aromatic N) is 1. The van der Waals surface area contributed by atoms with Crippen LogP contribution in [0.1, 0.15) is 11.1 Å². The second-order valence-electron chi connectivity index (χ2n) is 2.08. The highest BCUT2D eigenvalue weighted by atomic mass is 19.1. The van der Waals surface area contributed by atoms with Gasteiger partial charge in [0.05, 0.1) is 18.2 Å². The van der Waals surface area contributed by atoms with Crippen LogP contribution in [-0.4, -0.2) is 5.11 Å². The molecule has 0 heterocycles. The molecule has 1 aromatic carbocycles. The number of nitriles is 1. The van der Waals surface area contributed by atoms with Crippen LogP contribution in [0.5, 0.6) is 0 Å².